The molecule has 0 aliphatic rings. The molecule has 0 saturated heterocycles. The Labute approximate surface area is 311 Å². The summed E-state index contributed by atoms with van der Waals surface area (Å²) in [5.41, 5.74) is 25.9. The Morgan fingerprint density at radius 3 is 1.17 bits per heavy atom. The Hall–Kier alpha value is -5.94. The molecule has 250 valence electrons. The van der Waals surface area contributed by atoms with E-state index in [1.54, 1.807) is 0 Å². The van der Waals surface area contributed by atoms with Crippen molar-refractivity contribution in [3.63, 3.8) is 0 Å². The molecule has 0 aliphatic heterocycles. The molecule has 0 bridgehead atoms. The molecule has 0 spiro atoms. The van der Waals surface area contributed by atoms with Crippen LogP contribution >= 0.6 is 22.7 Å². The highest BCUT2D eigenvalue weighted by Crippen LogP contribution is 2.41. The molecule has 0 amide bonds. The SMILES string of the molecule is C/C=C(/c1ccc(-c2ccc3sc4ccccc4c3c2)cc1)c1ccc(/C(=C\C)c2ccc(-c3ccc4sc5ccccc5c4c3)cc2)c(N)c1N. The molecule has 2 heterocycles. The summed E-state index contributed by atoms with van der Waals surface area (Å²) in [6, 6.07) is 52.6. The molecule has 0 aliphatic carbocycles. The van der Waals surface area contributed by atoms with E-state index in [0.717, 1.165) is 33.4 Å². The summed E-state index contributed by atoms with van der Waals surface area (Å²) in [6.07, 6.45) is 4.24. The van der Waals surface area contributed by atoms with Crippen molar-refractivity contribution < 1.29 is 0 Å². The first-order valence-corrected chi connectivity index (χ1v) is 19.2. The maximum atomic E-state index is 6.86. The molecule has 0 saturated carbocycles. The number of hydrogen-bond acceptors (Lipinski definition) is 4. The molecule has 0 unspecified atom stereocenters. The monoisotopic (exact) mass is 704 g/mol. The molecular formula is C48H36N2S2. The van der Waals surface area contributed by atoms with E-state index in [1.165, 1.54) is 62.6 Å². The van der Waals surface area contributed by atoms with Gasteiger partial charge in [-0.25, -0.2) is 0 Å². The van der Waals surface area contributed by atoms with Gasteiger partial charge < -0.3 is 11.5 Å². The number of allylic oxidation sites excluding steroid dienone is 2. The Morgan fingerprint density at radius 1 is 0.404 bits per heavy atom. The van der Waals surface area contributed by atoms with Crippen molar-refractivity contribution in [3.05, 3.63) is 180 Å². The van der Waals surface area contributed by atoms with Crippen LogP contribution in [0.4, 0.5) is 11.4 Å². The number of fused-ring (bicyclic) bond motifs is 6. The van der Waals surface area contributed by atoms with E-state index in [1.807, 2.05) is 22.7 Å². The molecule has 2 aromatic heterocycles. The highest BCUT2D eigenvalue weighted by molar-refractivity contribution is 7.26. The summed E-state index contributed by atoms with van der Waals surface area (Å²) in [7, 11) is 0. The highest BCUT2D eigenvalue weighted by Gasteiger charge is 2.17. The van der Waals surface area contributed by atoms with Crippen LogP contribution in [0, 0.1) is 0 Å². The van der Waals surface area contributed by atoms with Crippen LogP contribution in [0.25, 0.3) is 73.7 Å². The number of nitrogen functional groups attached to an aromatic ring is 2. The summed E-state index contributed by atoms with van der Waals surface area (Å²) >= 11 is 3.69. The Morgan fingerprint density at radius 2 is 0.769 bits per heavy atom. The normalized spacial score (nSPS) is 12.4. The van der Waals surface area contributed by atoms with Crippen molar-refractivity contribution in [3.8, 4) is 22.3 Å². The molecule has 0 atom stereocenters. The summed E-state index contributed by atoms with van der Waals surface area (Å²) in [5.74, 6) is 0. The summed E-state index contributed by atoms with van der Waals surface area (Å²) in [4.78, 5) is 0. The molecule has 0 radical (unpaired) electrons. The van der Waals surface area contributed by atoms with Crippen LogP contribution in [0.2, 0.25) is 0 Å². The number of rotatable bonds is 6. The van der Waals surface area contributed by atoms with Crippen LogP contribution in [0.15, 0.2) is 158 Å². The Bertz CT molecular complexity index is 2670. The molecule has 2 nitrogen and oxygen atoms in total. The van der Waals surface area contributed by atoms with E-state index in [4.69, 9.17) is 11.5 Å². The van der Waals surface area contributed by atoms with Gasteiger partial charge in [0.15, 0.2) is 0 Å². The zero-order chi connectivity index (χ0) is 35.3. The van der Waals surface area contributed by atoms with Crippen molar-refractivity contribution in [1.82, 2.24) is 0 Å². The molecule has 0 fully saturated rings. The zero-order valence-electron chi connectivity index (χ0n) is 29.0. The van der Waals surface area contributed by atoms with Gasteiger partial charge in [0.25, 0.3) is 0 Å². The number of anilines is 2. The quantitative estimate of drug-likeness (QED) is 0.169. The first-order chi connectivity index (χ1) is 25.5. The summed E-state index contributed by atoms with van der Waals surface area (Å²) in [5, 5.41) is 5.24. The van der Waals surface area contributed by atoms with Crippen LogP contribution in [0.1, 0.15) is 36.1 Å². The third kappa shape index (κ3) is 5.39. The second-order valence-electron chi connectivity index (χ2n) is 13.2. The standard InChI is InChI=1S/C48H36N2S2/c1-3-35(31-17-13-29(14-18-31)33-21-25-45-41(27-33)37-9-5-7-11-43(37)51-45)39-23-24-40(48(50)47(39)49)36(4-2)32-19-15-30(16-20-32)34-22-26-46-42(28-34)38-10-6-8-12-44(38)52-46/h3-28H,49-50H2,1-2H3/b35-3-,36-4-. The number of hydrogen-bond donors (Lipinski definition) is 2. The van der Waals surface area contributed by atoms with Gasteiger partial charge >= 0.3 is 0 Å². The van der Waals surface area contributed by atoms with Crippen LogP contribution < -0.4 is 11.5 Å². The lowest BCUT2D eigenvalue weighted by molar-refractivity contribution is 1.48. The first-order valence-electron chi connectivity index (χ1n) is 17.6. The van der Waals surface area contributed by atoms with E-state index in [9.17, 15) is 0 Å². The molecule has 9 aromatic rings. The second-order valence-corrected chi connectivity index (χ2v) is 15.3. The number of thiophene rings is 2. The minimum atomic E-state index is 0.594. The fourth-order valence-corrected chi connectivity index (χ4v) is 9.73. The predicted molar refractivity (Wildman–Crippen MR) is 230 cm³/mol. The number of nitrogens with two attached hydrogens (primary N) is 2. The van der Waals surface area contributed by atoms with Gasteiger partial charge in [-0.2, -0.15) is 0 Å². The van der Waals surface area contributed by atoms with Crippen LogP contribution in [-0.4, -0.2) is 0 Å². The maximum Gasteiger partial charge on any atom is 0.0633 e. The van der Waals surface area contributed by atoms with Crippen molar-refractivity contribution in [2.24, 2.45) is 0 Å². The molecular weight excluding hydrogens is 669 g/mol. The summed E-state index contributed by atoms with van der Waals surface area (Å²) < 4.78 is 5.27. The molecule has 4 heteroatoms. The first kappa shape index (κ1) is 32.0. The van der Waals surface area contributed by atoms with Crippen molar-refractivity contribution >= 4 is 85.5 Å². The van der Waals surface area contributed by atoms with E-state index in [2.05, 4.69) is 172 Å². The lowest BCUT2D eigenvalue weighted by Gasteiger charge is -2.18. The zero-order valence-corrected chi connectivity index (χ0v) is 30.6. The van der Waals surface area contributed by atoms with Gasteiger partial charge in [0.2, 0.25) is 0 Å². The average molecular weight is 705 g/mol. The molecule has 52 heavy (non-hydrogen) atoms. The molecule has 7 aromatic carbocycles. The fourth-order valence-electron chi connectivity index (χ4n) is 7.56. The van der Waals surface area contributed by atoms with Gasteiger partial charge in [-0.1, -0.05) is 121 Å². The van der Waals surface area contributed by atoms with Crippen LogP contribution in [0.3, 0.4) is 0 Å². The predicted octanol–water partition coefficient (Wildman–Crippen LogP) is 13.8. The third-order valence-corrected chi connectivity index (χ3v) is 12.6. The van der Waals surface area contributed by atoms with Gasteiger partial charge in [0.1, 0.15) is 0 Å². The van der Waals surface area contributed by atoms with Crippen LogP contribution in [-0.2, 0) is 0 Å². The number of benzene rings is 7. The van der Waals surface area contributed by atoms with Crippen molar-refractivity contribution in [2.75, 3.05) is 11.5 Å². The van der Waals surface area contributed by atoms with E-state index in [0.29, 0.717) is 11.4 Å². The Kier molecular flexibility index (Phi) is 7.99. The van der Waals surface area contributed by atoms with E-state index < -0.39 is 0 Å². The van der Waals surface area contributed by atoms with Gasteiger partial charge in [-0.15, -0.1) is 22.7 Å². The van der Waals surface area contributed by atoms with Gasteiger partial charge in [0.05, 0.1) is 11.4 Å². The van der Waals surface area contributed by atoms with Gasteiger partial charge in [-0.05, 0) is 94.8 Å². The second kappa shape index (κ2) is 13.0. The highest BCUT2D eigenvalue weighted by atomic mass is 32.1. The van der Waals surface area contributed by atoms with Gasteiger partial charge in [0, 0.05) is 51.5 Å². The summed E-state index contributed by atoms with van der Waals surface area (Å²) in [6.45, 7) is 4.11. The van der Waals surface area contributed by atoms with Crippen molar-refractivity contribution in [2.45, 2.75) is 13.8 Å². The lowest BCUT2D eigenvalue weighted by atomic mass is 9.89. The minimum absolute atomic E-state index is 0.594. The Balaban J connectivity index is 0.985. The van der Waals surface area contributed by atoms with Gasteiger partial charge in [-0.3, -0.25) is 0 Å². The third-order valence-electron chi connectivity index (χ3n) is 10.3. The van der Waals surface area contributed by atoms with E-state index >= 15 is 0 Å². The smallest absolute Gasteiger partial charge is 0.0633 e. The topological polar surface area (TPSA) is 52.0 Å². The molecule has 4 N–H and O–H groups in total. The average Bonchev–Trinajstić information content (AvgIpc) is 3.76. The van der Waals surface area contributed by atoms with E-state index in [-0.39, 0.29) is 0 Å². The van der Waals surface area contributed by atoms with Crippen LogP contribution in [0.5, 0.6) is 0 Å². The maximum absolute atomic E-state index is 6.86. The van der Waals surface area contributed by atoms with Crippen molar-refractivity contribution in [1.29, 1.82) is 0 Å². The minimum Gasteiger partial charge on any atom is -0.397 e. The lowest BCUT2D eigenvalue weighted by Crippen LogP contribution is -2.04. The fraction of sp³-hybridized carbons (Fsp3) is 0.0417. The largest absolute Gasteiger partial charge is 0.397 e. The molecule has 9 rings (SSSR count).